The van der Waals surface area contributed by atoms with Crippen LogP contribution in [0.15, 0.2) is 4.99 Å². The topological polar surface area (TPSA) is 87.4 Å². The van der Waals surface area contributed by atoms with Gasteiger partial charge in [-0.2, -0.15) is 5.10 Å². The van der Waals surface area contributed by atoms with Crippen LogP contribution >= 0.6 is 0 Å². The van der Waals surface area contributed by atoms with E-state index < -0.39 is 0 Å². The molecule has 2 rings (SSSR count). The zero-order valence-electron chi connectivity index (χ0n) is 15.3. The number of fused-ring (bicyclic) bond motifs is 1. The maximum absolute atomic E-state index is 11.8. The molecule has 8 heteroatoms. The molecule has 2 heterocycles. The van der Waals surface area contributed by atoms with E-state index >= 15 is 0 Å². The fourth-order valence-corrected chi connectivity index (χ4v) is 2.51. The van der Waals surface area contributed by atoms with Gasteiger partial charge in [0.05, 0.1) is 6.04 Å². The molecule has 0 saturated heterocycles. The van der Waals surface area contributed by atoms with Crippen LogP contribution in [0.25, 0.3) is 0 Å². The number of nitrogens with one attached hydrogen (secondary N) is 2. The molecular formula is C16H29N7O. The fraction of sp³-hybridized carbons (Fsp3) is 0.750. The van der Waals surface area contributed by atoms with Crippen LogP contribution in [-0.2, 0) is 11.3 Å². The minimum Gasteiger partial charge on any atom is -0.356 e. The molecule has 8 nitrogen and oxygen atoms in total. The van der Waals surface area contributed by atoms with Crippen molar-refractivity contribution in [2.45, 2.75) is 46.2 Å². The van der Waals surface area contributed by atoms with Gasteiger partial charge < -0.3 is 15.5 Å². The van der Waals surface area contributed by atoms with Crippen LogP contribution in [0.4, 0.5) is 0 Å². The molecule has 0 aromatic carbocycles. The van der Waals surface area contributed by atoms with Crippen LogP contribution in [0.2, 0.25) is 0 Å². The normalized spacial score (nSPS) is 17.6. The van der Waals surface area contributed by atoms with Crippen LogP contribution in [0.1, 0.15) is 44.4 Å². The van der Waals surface area contributed by atoms with Gasteiger partial charge in [0.1, 0.15) is 18.2 Å². The van der Waals surface area contributed by atoms with E-state index in [9.17, 15) is 4.79 Å². The molecule has 2 N–H and O–H groups in total. The number of carbonyl (C=O) groups is 1. The van der Waals surface area contributed by atoms with E-state index in [0.717, 1.165) is 37.6 Å². The molecule has 1 amide bonds. The standard InChI is InChI=1S/C16H29N7O/c1-11(2)9-17-16(18-10-14(24)22(4)5)20-13-7-6-8-23-15(13)19-12(3)21-23/h11,13H,6-10H2,1-5H3,(H2,17,18,20). The first kappa shape index (κ1) is 18.2. The summed E-state index contributed by atoms with van der Waals surface area (Å²) in [6.45, 7) is 8.00. The molecule has 1 aliphatic rings. The molecule has 0 radical (unpaired) electrons. The Bertz CT molecular complexity index is 591. The quantitative estimate of drug-likeness (QED) is 0.611. The van der Waals surface area contributed by atoms with Crippen LogP contribution in [0, 0.1) is 12.8 Å². The third-order valence-electron chi connectivity index (χ3n) is 3.84. The number of amides is 1. The molecule has 1 aliphatic heterocycles. The highest BCUT2D eigenvalue weighted by Crippen LogP contribution is 2.22. The van der Waals surface area contributed by atoms with Gasteiger partial charge in [-0.1, -0.05) is 13.8 Å². The fourth-order valence-electron chi connectivity index (χ4n) is 2.51. The van der Waals surface area contributed by atoms with Crippen molar-refractivity contribution in [2.75, 3.05) is 27.2 Å². The second kappa shape index (κ2) is 8.12. The number of rotatable bonds is 5. The van der Waals surface area contributed by atoms with E-state index in [1.165, 1.54) is 0 Å². The molecule has 0 saturated carbocycles. The monoisotopic (exact) mass is 335 g/mol. The molecule has 1 aromatic heterocycles. The van der Waals surface area contributed by atoms with E-state index in [1.54, 1.807) is 19.0 Å². The first-order chi connectivity index (χ1) is 11.4. The first-order valence-corrected chi connectivity index (χ1v) is 8.53. The number of hydrogen-bond acceptors (Lipinski definition) is 4. The van der Waals surface area contributed by atoms with Gasteiger partial charge in [0.25, 0.3) is 0 Å². The van der Waals surface area contributed by atoms with Gasteiger partial charge in [-0.05, 0) is 25.7 Å². The Kier molecular flexibility index (Phi) is 6.16. The van der Waals surface area contributed by atoms with E-state index in [4.69, 9.17) is 0 Å². The van der Waals surface area contributed by atoms with E-state index in [2.05, 4.69) is 39.6 Å². The SMILES string of the molecule is Cc1nc2n(n1)CCCC2NC(=NCC(=O)N(C)C)NCC(C)C. The average molecular weight is 335 g/mol. The van der Waals surface area contributed by atoms with Crippen molar-refractivity contribution < 1.29 is 4.79 Å². The van der Waals surface area contributed by atoms with Gasteiger partial charge >= 0.3 is 0 Å². The number of guanidine groups is 1. The Hall–Kier alpha value is -2.12. The van der Waals surface area contributed by atoms with Gasteiger partial charge in [0.15, 0.2) is 5.96 Å². The molecular weight excluding hydrogens is 306 g/mol. The molecule has 134 valence electrons. The highest BCUT2D eigenvalue weighted by molar-refractivity contribution is 5.85. The summed E-state index contributed by atoms with van der Waals surface area (Å²) in [6.07, 6.45) is 2.02. The lowest BCUT2D eigenvalue weighted by Crippen LogP contribution is -2.43. The zero-order chi connectivity index (χ0) is 17.7. The smallest absolute Gasteiger partial charge is 0.243 e. The molecule has 0 fully saturated rings. The average Bonchev–Trinajstić information content (AvgIpc) is 2.90. The Morgan fingerprint density at radius 1 is 1.46 bits per heavy atom. The van der Waals surface area contributed by atoms with Gasteiger partial charge in [0.2, 0.25) is 5.91 Å². The van der Waals surface area contributed by atoms with Crippen molar-refractivity contribution in [3.63, 3.8) is 0 Å². The van der Waals surface area contributed by atoms with Crippen LogP contribution in [0.5, 0.6) is 0 Å². The number of nitrogens with zero attached hydrogens (tertiary/aromatic N) is 5. The first-order valence-electron chi connectivity index (χ1n) is 8.53. The second-order valence-electron chi connectivity index (χ2n) is 6.81. The van der Waals surface area contributed by atoms with Crippen LogP contribution in [0.3, 0.4) is 0 Å². The van der Waals surface area contributed by atoms with Crippen LogP contribution < -0.4 is 10.6 Å². The zero-order valence-corrected chi connectivity index (χ0v) is 15.3. The van der Waals surface area contributed by atoms with Crippen molar-refractivity contribution in [1.29, 1.82) is 0 Å². The molecule has 0 bridgehead atoms. The van der Waals surface area contributed by atoms with Crippen molar-refractivity contribution >= 4 is 11.9 Å². The largest absolute Gasteiger partial charge is 0.356 e. The molecule has 0 aliphatic carbocycles. The second-order valence-corrected chi connectivity index (χ2v) is 6.81. The Morgan fingerprint density at radius 2 is 2.21 bits per heavy atom. The summed E-state index contributed by atoms with van der Waals surface area (Å²) in [6, 6.07) is 0.0628. The minimum absolute atomic E-state index is 0.0247. The predicted octanol–water partition coefficient (Wildman–Crippen LogP) is 0.701. The maximum Gasteiger partial charge on any atom is 0.243 e. The Morgan fingerprint density at radius 3 is 2.88 bits per heavy atom. The van der Waals surface area contributed by atoms with E-state index in [0.29, 0.717) is 11.9 Å². The third-order valence-corrected chi connectivity index (χ3v) is 3.84. The number of likely N-dealkylation sites (N-methyl/N-ethyl adjacent to an activating group) is 1. The van der Waals surface area contributed by atoms with Gasteiger partial charge in [0, 0.05) is 27.2 Å². The summed E-state index contributed by atoms with van der Waals surface area (Å²) in [7, 11) is 3.47. The highest BCUT2D eigenvalue weighted by atomic mass is 16.2. The van der Waals surface area contributed by atoms with Crippen LogP contribution in [-0.4, -0.2) is 58.7 Å². The Balaban J connectivity index is 2.10. The van der Waals surface area contributed by atoms with Crippen molar-refractivity contribution in [3.05, 3.63) is 11.6 Å². The molecule has 0 spiro atoms. The predicted molar refractivity (Wildman–Crippen MR) is 93.7 cm³/mol. The lowest BCUT2D eigenvalue weighted by Gasteiger charge is -2.25. The number of aryl methyl sites for hydroxylation is 2. The lowest BCUT2D eigenvalue weighted by molar-refractivity contribution is -0.127. The molecule has 24 heavy (non-hydrogen) atoms. The van der Waals surface area contributed by atoms with Gasteiger partial charge in [-0.15, -0.1) is 0 Å². The minimum atomic E-state index is -0.0247. The maximum atomic E-state index is 11.8. The number of aliphatic imine (C=N–C) groups is 1. The van der Waals surface area contributed by atoms with Crippen molar-refractivity contribution in [3.8, 4) is 0 Å². The molecule has 1 atom stereocenters. The highest BCUT2D eigenvalue weighted by Gasteiger charge is 2.24. The summed E-state index contributed by atoms with van der Waals surface area (Å²) in [5.74, 6) is 2.84. The molecule has 1 aromatic rings. The van der Waals surface area contributed by atoms with Crippen molar-refractivity contribution in [2.24, 2.45) is 10.9 Å². The van der Waals surface area contributed by atoms with E-state index in [-0.39, 0.29) is 18.5 Å². The van der Waals surface area contributed by atoms with E-state index in [1.807, 2.05) is 11.6 Å². The number of aromatic nitrogens is 3. The van der Waals surface area contributed by atoms with Gasteiger partial charge in [-0.3, -0.25) is 4.79 Å². The van der Waals surface area contributed by atoms with Gasteiger partial charge in [-0.25, -0.2) is 14.7 Å². The molecule has 1 unspecified atom stereocenters. The third kappa shape index (κ3) is 4.94. The summed E-state index contributed by atoms with van der Waals surface area (Å²) < 4.78 is 1.96. The van der Waals surface area contributed by atoms with Crippen molar-refractivity contribution in [1.82, 2.24) is 30.3 Å². The summed E-state index contributed by atoms with van der Waals surface area (Å²) >= 11 is 0. The Labute approximate surface area is 143 Å². The number of carbonyl (C=O) groups excluding carboxylic acids is 1. The summed E-state index contributed by atoms with van der Waals surface area (Å²) in [5.41, 5.74) is 0. The summed E-state index contributed by atoms with van der Waals surface area (Å²) in [4.78, 5) is 22.3. The number of hydrogen-bond donors (Lipinski definition) is 2. The lowest BCUT2D eigenvalue weighted by atomic mass is 10.1. The summed E-state index contributed by atoms with van der Waals surface area (Å²) in [5, 5.41) is 11.2.